The lowest BCUT2D eigenvalue weighted by Crippen LogP contribution is -2.07. The van der Waals surface area contributed by atoms with Gasteiger partial charge in [-0.05, 0) is 50.6 Å². The molecule has 1 heterocycles. The Hall–Kier alpha value is -2.52. The van der Waals surface area contributed by atoms with Gasteiger partial charge >= 0.3 is 5.97 Å². The van der Waals surface area contributed by atoms with Gasteiger partial charge in [-0.25, -0.2) is 4.79 Å². The van der Waals surface area contributed by atoms with Crippen LogP contribution in [0.4, 0.5) is 0 Å². The van der Waals surface area contributed by atoms with Crippen molar-refractivity contribution in [2.75, 3.05) is 6.61 Å². The zero-order valence-corrected chi connectivity index (χ0v) is 15.3. The molecule has 0 spiro atoms. The average Bonchev–Trinajstić information content (AvgIpc) is 2.94. The summed E-state index contributed by atoms with van der Waals surface area (Å²) in [7, 11) is 0. The van der Waals surface area contributed by atoms with Crippen molar-refractivity contribution in [3.8, 4) is 16.8 Å². The molecule has 3 rings (SSSR count). The molecule has 2 aromatic carbocycles. The van der Waals surface area contributed by atoms with Gasteiger partial charge in [0.25, 0.3) is 0 Å². The van der Waals surface area contributed by atoms with Gasteiger partial charge in [0.1, 0.15) is 0 Å². The number of halogens is 1. The summed E-state index contributed by atoms with van der Waals surface area (Å²) in [5.41, 5.74) is 5.41. The van der Waals surface area contributed by atoms with Crippen LogP contribution in [0.5, 0.6) is 0 Å². The zero-order chi connectivity index (χ0) is 18.0. The molecule has 0 amide bonds. The standard InChI is InChI=1S/C21H20ClNO2/c1-4-25-21(24)20-15(3)23(18-11-5-14(2)6-12-18)13-19(20)16-7-9-17(22)10-8-16/h5-13H,4H2,1-3H3. The molecule has 0 saturated heterocycles. The number of ether oxygens (including phenoxy) is 1. The Morgan fingerprint density at radius 3 is 2.28 bits per heavy atom. The van der Waals surface area contributed by atoms with Crippen molar-refractivity contribution < 1.29 is 9.53 Å². The fourth-order valence-corrected chi connectivity index (χ4v) is 3.01. The van der Waals surface area contributed by atoms with Crippen LogP contribution in [0.25, 0.3) is 16.8 Å². The highest BCUT2D eigenvalue weighted by Crippen LogP contribution is 2.31. The maximum Gasteiger partial charge on any atom is 0.340 e. The van der Waals surface area contributed by atoms with Crippen molar-refractivity contribution in [2.24, 2.45) is 0 Å². The summed E-state index contributed by atoms with van der Waals surface area (Å²) in [4.78, 5) is 12.6. The van der Waals surface area contributed by atoms with Gasteiger partial charge < -0.3 is 9.30 Å². The lowest BCUT2D eigenvalue weighted by molar-refractivity contribution is 0.0526. The summed E-state index contributed by atoms with van der Waals surface area (Å²) in [6, 6.07) is 15.7. The normalized spacial score (nSPS) is 10.7. The Morgan fingerprint density at radius 1 is 1.04 bits per heavy atom. The Kier molecular flexibility index (Phi) is 4.95. The van der Waals surface area contributed by atoms with E-state index in [1.54, 1.807) is 0 Å². The highest BCUT2D eigenvalue weighted by molar-refractivity contribution is 6.30. The second-order valence-corrected chi connectivity index (χ2v) is 6.37. The number of carbonyl (C=O) groups excluding carboxylic acids is 1. The van der Waals surface area contributed by atoms with Crippen molar-refractivity contribution in [1.82, 2.24) is 4.57 Å². The third-order valence-corrected chi connectivity index (χ3v) is 4.45. The lowest BCUT2D eigenvalue weighted by atomic mass is 10.0. The highest BCUT2D eigenvalue weighted by Gasteiger charge is 2.22. The van der Waals surface area contributed by atoms with Crippen LogP contribution < -0.4 is 0 Å². The highest BCUT2D eigenvalue weighted by atomic mass is 35.5. The number of rotatable bonds is 4. The molecule has 1 aromatic heterocycles. The van der Waals surface area contributed by atoms with Crippen molar-refractivity contribution in [2.45, 2.75) is 20.8 Å². The predicted octanol–water partition coefficient (Wildman–Crippen LogP) is 5.59. The molecular weight excluding hydrogens is 334 g/mol. The SMILES string of the molecule is CCOC(=O)c1c(-c2ccc(Cl)cc2)cn(-c2ccc(C)cc2)c1C. The molecule has 25 heavy (non-hydrogen) atoms. The Bertz CT molecular complexity index is 893. The van der Waals surface area contributed by atoms with E-state index in [1.165, 1.54) is 5.56 Å². The van der Waals surface area contributed by atoms with E-state index in [4.69, 9.17) is 16.3 Å². The van der Waals surface area contributed by atoms with E-state index in [0.29, 0.717) is 17.2 Å². The number of nitrogens with zero attached hydrogens (tertiary/aromatic N) is 1. The summed E-state index contributed by atoms with van der Waals surface area (Å²) in [5.74, 6) is -0.309. The summed E-state index contributed by atoms with van der Waals surface area (Å²) in [5, 5.41) is 0.663. The molecule has 0 radical (unpaired) electrons. The van der Waals surface area contributed by atoms with Crippen LogP contribution in [0.1, 0.15) is 28.5 Å². The quantitative estimate of drug-likeness (QED) is 0.572. The molecule has 0 aliphatic carbocycles. The fourth-order valence-electron chi connectivity index (χ4n) is 2.89. The van der Waals surface area contributed by atoms with Crippen LogP contribution in [0, 0.1) is 13.8 Å². The second-order valence-electron chi connectivity index (χ2n) is 5.94. The Morgan fingerprint density at radius 2 is 1.68 bits per heavy atom. The zero-order valence-electron chi connectivity index (χ0n) is 14.5. The molecule has 4 heteroatoms. The van der Waals surface area contributed by atoms with Gasteiger partial charge in [-0.2, -0.15) is 0 Å². The molecule has 0 atom stereocenters. The first kappa shape index (κ1) is 17.3. The van der Waals surface area contributed by atoms with Crippen molar-refractivity contribution >= 4 is 17.6 Å². The van der Waals surface area contributed by atoms with Gasteiger partial charge in [0.15, 0.2) is 0 Å². The minimum absolute atomic E-state index is 0.309. The number of benzene rings is 2. The number of esters is 1. The van der Waals surface area contributed by atoms with Gasteiger partial charge in [-0.1, -0.05) is 41.4 Å². The van der Waals surface area contributed by atoms with Gasteiger partial charge in [0.05, 0.1) is 12.2 Å². The fraction of sp³-hybridized carbons (Fsp3) is 0.190. The number of hydrogen-bond acceptors (Lipinski definition) is 2. The van der Waals surface area contributed by atoms with E-state index in [9.17, 15) is 4.79 Å². The molecule has 0 saturated carbocycles. The molecule has 3 aromatic rings. The van der Waals surface area contributed by atoms with Crippen LogP contribution in [0.15, 0.2) is 54.7 Å². The molecule has 0 bridgehead atoms. The van der Waals surface area contributed by atoms with Crippen LogP contribution in [0.3, 0.4) is 0 Å². The van der Waals surface area contributed by atoms with Crippen LogP contribution in [-0.2, 0) is 4.74 Å². The number of aryl methyl sites for hydroxylation is 1. The monoisotopic (exact) mass is 353 g/mol. The first-order valence-electron chi connectivity index (χ1n) is 8.23. The third kappa shape index (κ3) is 3.47. The minimum atomic E-state index is -0.309. The molecule has 0 aliphatic heterocycles. The minimum Gasteiger partial charge on any atom is -0.462 e. The summed E-state index contributed by atoms with van der Waals surface area (Å²) < 4.78 is 7.31. The van der Waals surface area contributed by atoms with Crippen molar-refractivity contribution in [3.05, 3.63) is 76.6 Å². The van der Waals surface area contributed by atoms with Crippen LogP contribution >= 0.6 is 11.6 Å². The summed E-state index contributed by atoms with van der Waals surface area (Å²) >= 11 is 6.00. The van der Waals surface area contributed by atoms with E-state index in [-0.39, 0.29) is 5.97 Å². The Balaban J connectivity index is 2.18. The number of aromatic nitrogens is 1. The average molecular weight is 354 g/mol. The van der Waals surface area contributed by atoms with Crippen molar-refractivity contribution in [1.29, 1.82) is 0 Å². The lowest BCUT2D eigenvalue weighted by Gasteiger charge is -2.08. The maximum absolute atomic E-state index is 12.6. The molecule has 0 aliphatic rings. The molecular formula is C21H20ClNO2. The van der Waals surface area contributed by atoms with E-state index in [1.807, 2.05) is 61.0 Å². The number of hydrogen-bond donors (Lipinski definition) is 0. The van der Waals surface area contributed by atoms with Gasteiger partial charge in [-0.3, -0.25) is 0 Å². The van der Waals surface area contributed by atoms with Crippen molar-refractivity contribution in [3.63, 3.8) is 0 Å². The van der Waals surface area contributed by atoms with Crippen LogP contribution in [-0.4, -0.2) is 17.1 Å². The number of carbonyl (C=O) groups is 1. The first-order valence-corrected chi connectivity index (χ1v) is 8.61. The van der Waals surface area contributed by atoms with Gasteiger partial charge in [-0.15, -0.1) is 0 Å². The van der Waals surface area contributed by atoms with E-state index < -0.39 is 0 Å². The smallest absolute Gasteiger partial charge is 0.340 e. The van der Waals surface area contributed by atoms with E-state index >= 15 is 0 Å². The molecule has 0 N–H and O–H groups in total. The second kappa shape index (κ2) is 7.16. The molecule has 0 fully saturated rings. The van der Waals surface area contributed by atoms with Gasteiger partial charge in [0.2, 0.25) is 0 Å². The molecule has 128 valence electrons. The van der Waals surface area contributed by atoms with Gasteiger partial charge in [0, 0.05) is 28.2 Å². The topological polar surface area (TPSA) is 31.2 Å². The first-order chi connectivity index (χ1) is 12.0. The molecule has 3 nitrogen and oxygen atoms in total. The predicted molar refractivity (Wildman–Crippen MR) is 102 cm³/mol. The Labute approximate surface area is 152 Å². The summed E-state index contributed by atoms with van der Waals surface area (Å²) in [6.07, 6.45) is 1.98. The largest absolute Gasteiger partial charge is 0.462 e. The van der Waals surface area contributed by atoms with E-state index in [2.05, 4.69) is 19.1 Å². The maximum atomic E-state index is 12.6. The van der Waals surface area contributed by atoms with Crippen LogP contribution in [0.2, 0.25) is 5.02 Å². The third-order valence-electron chi connectivity index (χ3n) is 4.20. The molecule has 0 unspecified atom stereocenters. The summed E-state index contributed by atoms with van der Waals surface area (Å²) in [6.45, 7) is 6.14. The van der Waals surface area contributed by atoms with E-state index in [0.717, 1.165) is 22.5 Å².